The Bertz CT molecular complexity index is 843. The van der Waals surface area contributed by atoms with E-state index in [2.05, 4.69) is 41.2 Å². The molecule has 3 aromatic rings. The molecule has 0 unspecified atom stereocenters. The lowest BCUT2D eigenvalue weighted by Crippen LogP contribution is -2.19. The molecule has 0 N–H and O–H groups in total. The summed E-state index contributed by atoms with van der Waals surface area (Å²) in [5, 5.41) is 4.67. The first-order chi connectivity index (χ1) is 12.6. The van der Waals surface area contributed by atoms with Crippen LogP contribution in [0, 0.1) is 6.92 Å². The highest BCUT2D eigenvalue weighted by Crippen LogP contribution is 2.31. The Balaban J connectivity index is 0.00000261. The molecule has 0 aliphatic carbocycles. The average Bonchev–Trinajstić information content (AvgIpc) is 3.06. The SMILES string of the molecule is COc1ccc(-c2cn(-c3ccc(C)cc3)nc2OCCN(C)C)cc1.Cl. The van der Waals surface area contributed by atoms with Crippen molar-refractivity contribution >= 4 is 12.4 Å². The van der Waals surface area contributed by atoms with Gasteiger partial charge in [0.05, 0.1) is 18.4 Å². The Morgan fingerprint density at radius 1 is 1.00 bits per heavy atom. The number of aryl methyl sites for hydroxylation is 1. The molecule has 6 heteroatoms. The third-order valence-electron chi connectivity index (χ3n) is 4.16. The van der Waals surface area contributed by atoms with Crippen LogP contribution in [0.2, 0.25) is 0 Å². The van der Waals surface area contributed by atoms with Crippen molar-refractivity contribution in [2.75, 3.05) is 34.4 Å². The van der Waals surface area contributed by atoms with Crippen molar-refractivity contribution in [1.29, 1.82) is 0 Å². The van der Waals surface area contributed by atoms with E-state index in [1.54, 1.807) is 7.11 Å². The molecule has 0 saturated carbocycles. The minimum atomic E-state index is 0. The molecule has 5 nitrogen and oxygen atoms in total. The van der Waals surface area contributed by atoms with E-state index in [4.69, 9.17) is 9.47 Å². The molecule has 27 heavy (non-hydrogen) atoms. The predicted octanol–water partition coefficient (Wildman–Crippen LogP) is 4.22. The van der Waals surface area contributed by atoms with Crippen LogP contribution in [0.25, 0.3) is 16.8 Å². The van der Waals surface area contributed by atoms with Gasteiger partial charge < -0.3 is 14.4 Å². The van der Waals surface area contributed by atoms with Gasteiger partial charge in [-0.25, -0.2) is 4.68 Å². The fraction of sp³-hybridized carbons (Fsp3) is 0.286. The smallest absolute Gasteiger partial charge is 0.241 e. The summed E-state index contributed by atoms with van der Waals surface area (Å²) in [6.07, 6.45) is 2.01. The van der Waals surface area contributed by atoms with E-state index in [0.29, 0.717) is 12.5 Å². The molecule has 1 heterocycles. The molecule has 0 atom stereocenters. The van der Waals surface area contributed by atoms with Crippen molar-refractivity contribution in [3.8, 4) is 28.4 Å². The molecule has 0 fully saturated rings. The number of halogens is 1. The van der Waals surface area contributed by atoms with Gasteiger partial charge in [-0.3, -0.25) is 0 Å². The van der Waals surface area contributed by atoms with Crippen molar-refractivity contribution in [1.82, 2.24) is 14.7 Å². The van der Waals surface area contributed by atoms with E-state index in [1.807, 2.05) is 49.2 Å². The largest absolute Gasteiger partial charge is 0.497 e. The number of ether oxygens (including phenoxy) is 2. The Kier molecular flexibility index (Phi) is 7.28. The fourth-order valence-corrected chi connectivity index (χ4v) is 2.59. The number of benzene rings is 2. The minimum absolute atomic E-state index is 0. The number of hydrogen-bond donors (Lipinski definition) is 0. The summed E-state index contributed by atoms with van der Waals surface area (Å²) in [5.74, 6) is 1.47. The van der Waals surface area contributed by atoms with Gasteiger partial charge >= 0.3 is 0 Å². The third-order valence-corrected chi connectivity index (χ3v) is 4.16. The Morgan fingerprint density at radius 3 is 2.26 bits per heavy atom. The summed E-state index contributed by atoms with van der Waals surface area (Å²) >= 11 is 0. The van der Waals surface area contributed by atoms with Gasteiger partial charge in [-0.1, -0.05) is 29.8 Å². The molecule has 3 rings (SSSR count). The number of aromatic nitrogens is 2. The van der Waals surface area contributed by atoms with Crippen LogP contribution in [0.15, 0.2) is 54.7 Å². The second-order valence-electron chi connectivity index (χ2n) is 6.51. The maximum atomic E-state index is 5.98. The molecule has 0 spiro atoms. The lowest BCUT2D eigenvalue weighted by atomic mass is 10.1. The van der Waals surface area contributed by atoms with Crippen LogP contribution in [0.4, 0.5) is 0 Å². The van der Waals surface area contributed by atoms with E-state index >= 15 is 0 Å². The van der Waals surface area contributed by atoms with E-state index < -0.39 is 0 Å². The van der Waals surface area contributed by atoms with Gasteiger partial charge in [-0.05, 0) is 50.8 Å². The first kappa shape index (κ1) is 20.8. The molecule has 0 aliphatic heterocycles. The number of likely N-dealkylation sites (N-methyl/N-ethyl adjacent to an activating group) is 1. The van der Waals surface area contributed by atoms with Crippen molar-refractivity contribution in [3.63, 3.8) is 0 Å². The summed E-state index contributed by atoms with van der Waals surface area (Å²) in [6.45, 7) is 3.49. The summed E-state index contributed by atoms with van der Waals surface area (Å²) in [6, 6.07) is 16.2. The van der Waals surface area contributed by atoms with E-state index in [0.717, 1.165) is 29.1 Å². The maximum Gasteiger partial charge on any atom is 0.241 e. The summed E-state index contributed by atoms with van der Waals surface area (Å²) < 4.78 is 13.1. The van der Waals surface area contributed by atoms with Gasteiger partial charge in [0.15, 0.2) is 0 Å². The van der Waals surface area contributed by atoms with E-state index in [1.165, 1.54) is 5.56 Å². The van der Waals surface area contributed by atoms with Gasteiger partial charge in [0.2, 0.25) is 5.88 Å². The molecule has 1 aromatic heterocycles. The molecule has 144 valence electrons. The van der Waals surface area contributed by atoms with Crippen LogP contribution in [-0.2, 0) is 0 Å². The topological polar surface area (TPSA) is 39.5 Å². The molecule has 2 aromatic carbocycles. The van der Waals surface area contributed by atoms with Crippen molar-refractivity contribution < 1.29 is 9.47 Å². The van der Waals surface area contributed by atoms with Crippen LogP contribution < -0.4 is 9.47 Å². The van der Waals surface area contributed by atoms with Gasteiger partial charge in [-0.2, -0.15) is 0 Å². The number of nitrogens with zero attached hydrogens (tertiary/aromatic N) is 3. The second-order valence-corrected chi connectivity index (χ2v) is 6.51. The molecule has 0 saturated heterocycles. The second kappa shape index (κ2) is 9.44. The van der Waals surface area contributed by atoms with Crippen LogP contribution in [0.3, 0.4) is 0 Å². The average molecular weight is 388 g/mol. The molecule has 0 radical (unpaired) electrons. The summed E-state index contributed by atoms with van der Waals surface area (Å²) in [4.78, 5) is 2.09. The van der Waals surface area contributed by atoms with Crippen molar-refractivity contribution in [3.05, 3.63) is 60.3 Å². The van der Waals surface area contributed by atoms with Crippen LogP contribution in [0.1, 0.15) is 5.56 Å². The van der Waals surface area contributed by atoms with Gasteiger partial charge in [0, 0.05) is 12.7 Å². The zero-order chi connectivity index (χ0) is 18.5. The highest BCUT2D eigenvalue weighted by molar-refractivity contribution is 5.85. The van der Waals surface area contributed by atoms with Crippen LogP contribution in [0.5, 0.6) is 11.6 Å². The van der Waals surface area contributed by atoms with Gasteiger partial charge in [0.1, 0.15) is 12.4 Å². The first-order valence-electron chi connectivity index (χ1n) is 8.65. The van der Waals surface area contributed by atoms with Gasteiger partial charge in [0.25, 0.3) is 0 Å². The quantitative estimate of drug-likeness (QED) is 0.608. The highest BCUT2D eigenvalue weighted by Gasteiger charge is 2.14. The lowest BCUT2D eigenvalue weighted by molar-refractivity contribution is 0.253. The molecular formula is C21H26ClN3O2. The summed E-state index contributed by atoms with van der Waals surface area (Å²) in [5.41, 5.74) is 4.24. The molecule has 0 aliphatic rings. The number of rotatable bonds is 7. The number of methoxy groups -OCH3 is 1. The molecular weight excluding hydrogens is 362 g/mol. The maximum absolute atomic E-state index is 5.98. The Hall–Kier alpha value is -2.50. The lowest BCUT2D eigenvalue weighted by Gasteiger charge is -2.10. The normalized spacial score (nSPS) is 10.6. The Morgan fingerprint density at radius 2 is 1.67 bits per heavy atom. The molecule has 0 bridgehead atoms. The van der Waals surface area contributed by atoms with Crippen LogP contribution in [-0.4, -0.2) is 49.0 Å². The fourth-order valence-electron chi connectivity index (χ4n) is 2.59. The predicted molar refractivity (Wildman–Crippen MR) is 112 cm³/mol. The van der Waals surface area contributed by atoms with E-state index in [9.17, 15) is 0 Å². The minimum Gasteiger partial charge on any atom is -0.497 e. The Labute approximate surface area is 166 Å². The van der Waals surface area contributed by atoms with Crippen molar-refractivity contribution in [2.24, 2.45) is 0 Å². The van der Waals surface area contributed by atoms with Crippen molar-refractivity contribution in [2.45, 2.75) is 6.92 Å². The molecule has 0 amide bonds. The monoisotopic (exact) mass is 387 g/mol. The van der Waals surface area contributed by atoms with Crippen LogP contribution >= 0.6 is 12.4 Å². The highest BCUT2D eigenvalue weighted by atomic mass is 35.5. The zero-order valence-electron chi connectivity index (χ0n) is 16.2. The zero-order valence-corrected chi connectivity index (χ0v) is 17.0. The summed E-state index contributed by atoms with van der Waals surface area (Å²) in [7, 11) is 5.72. The standard InChI is InChI=1S/C21H25N3O2.ClH/c1-16-5-9-18(10-6-16)24-15-20(17-7-11-19(25-4)12-8-17)21(22-24)26-14-13-23(2)3;/h5-12,15H,13-14H2,1-4H3;1H. The number of hydrogen-bond acceptors (Lipinski definition) is 4. The first-order valence-corrected chi connectivity index (χ1v) is 8.65. The van der Waals surface area contributed by atoms with E-state index in [-0.39, 0.29) is 12.4 Å². The van der Waals surface area contributed by atoms with Gasteiger partial charge in [-0.15, -0.1) is 17.5 Å². The third kappa shape index (κ3) is 5.25.